The van der Waals surface area contributed by atoms with Gasteiger partial charge in [-0.15, -0.1) is 0 Å². The summed E-state index contributed by atoms with van der Waals surface area (Å²) in [6.45, 7) is 4.92. The number of hydrogen-bond donors (Lipinski definition) is 1. The average molecular weight is 966 g/mol. The lowest BCUT2D eigenvalue weighted by Gasteiger charge is -2.25. The molecule has 9 heteroatoms. The van der Waals surface area contributed by atoms with Crippen molar-refractivity contribution in [3.63, 3.8) is 0 Å². The molecule has 0 spiro atoms. The van der Waals surface area contributed by atoms with E-state index in [1.807, 2.05) is 21.1 Å². The van der Waals surface area contributed by atoms with E-state index in [0.29, 0.717) is 17.4 Å². The Balaban J connectivity index is 4.15. The summed E-state index contributed by atoms with van der Waals surface area (Å²) >= 11 is 0. The molecule has 0 aromatic carbocycles. The Labute approximate surface area is 421 Å². The standard InChI is InChI=1S/C59H113NO8/c1-6-8-10-12-14-16-18-20-22-24-25-26-27-28-29-30-31-32-34-35-37-39-41-43-45-47-49-56(61)66-53-55(54-67-59(58(63)64)65-52-51-60(3,4)5)68-57(62)50-48-46-44-42-40-38-36-33-23-21-19-17-15-13-11-9-7-2/h21,23,55,59H,6-20,22,24-54H2,1-5H3/p+1/b23-21-. The van der Waals surface area contributed by atoms with E-state index in [4.69, 9.17) is 18.9 Å². The van der Waals surface area contributed by atoms with Crippen LogP contribution in [0.15, 0.2) is 12.2 Å². The highest BCUT2D eigenvalue weighted by molar-refractivity contribution is 5.71. The summed E-state index contributed by atoms with van der Waals surface area (Å²) < 4.78 is 22.9. The number of carbonyl (C=O) groups is 3. The van der Waals surface area contributed by atoms with Gasteiger partial charge in [-0.1, -0.05) is 251 Å². The third-order valence-electron chi connectivity index (χ3n) is 13.3. The molecule has 9 nitrogen and oxygen atoms in total. The van der Waals surface area contributed by atoms with Crippen LogP contribution in [0.1, 0.15) is 290 Å². The van der Waals surface area contributed by atoms with Gasteiger partial charge in [-0.05, 0) is 38.5 Å². The Morgan fingerprint density at radius 2 is 0.750 bits per heavy atom. The Bertz CT molecular complexity index is 1120. The van der Waals surface area contributed by atoms with Gasteiger partial charge in [0, 0.05) is 12.8 Å². The molecule has 0 rings (SSSR count). The van der Waals surface area contributed by atoms with Crippen molar-refractivity contribution >= 4 is 17.9 Å². The van der Waals surface area contributed by atoms with Gasteiger partial charge in [0.05, 0.1) is 34.4 Å². The van der Waals surface area contributed by atoms with Crippen LogP contribution >= 0.6 is 0 Å². The summed E-state index contributed by atoms with van der Waals surface area (Å²) in [5, 5.41) is 9.69. The molecule has 0 saturated carbocycles. The smallest absolute Gasteiger partial charge is 0.361 e. The van der Waals surface area contributed by atoms with Crippen molar-refractivity contribution in [2.24, 2.45) is 0 Å². The van der Waals surface area contributed by atoms with Crippen molar-refractivity contribution < 1.29 is 42.9 Å². The molecule has 0 aliphatic carbocycles. The number of allylic oxidation sites excluding steroid dienone is 2. The average Bonchev–Trinajstić information content (AvgIpc) is 3.30. The van der Waals surface area contributed by atoms with Gasteiger partial charge >= 0.3 is 17.9 Å². The molecule has 0 aromatic rings. The number of carboxylic acid groups (broad SMARTS) is 1. The Morgan fingerprint density at radius 3 is 1.09 bits per heavy atom. The minimum Gasteiger partial charge on any atom is -0.477 e. The third-order valence-corrected chi connectivity index (χ3v) is 13.3. The van der Waals surface area contributed by atoms with Crippen molar-refractivity contribution in [1.29, 1.82) is 0 Å². The van der Waals surface area contributed by atoms with E-state index in [-0.39, 0.29) is 32.2 Å². The maximum absolute atomic E-state index is 12.8. The van der Waals surface area contributed by atoms with Crippen molar-refractivity contribution in [1.82, 2.24) is 0 Å². The number of esters is 2. The van der Waals surface area contributed by atoms with Gasteiger partial charge in [0.25, 0.3) is 6.29 Å². The maximum Gasteiger partial charge on any atom is 0.361 e. The topological polar surface area (TPSA) is 108 Å². The molecule has 0 amide bonds. The molecule has 2 atom stereocenters. The summed E-state index contributed by atoms with van der Waals surface area (Å²) in [6.07, 6.45) is 55.8. The number of aliphatic carboxylic acids is 1. The highest BCUT2D eigenvalue weighted by Gasteiger charge is 2.25. The van der Waals surface area contributed by atoms with Crippen LogP contribution in [0.4, 0.5) is 0 Å². The molecule has 0 heterocycles. The predicted molar refractivity (Wildman–Crippen MR) is 286 cm³/mol. The van der Waals surface area contributed by atoms with Gasteiger partial charge in [-0.25, -0.2) is 4.79 Å². The predicted octanol–water partition coefficient (Wildman–Crippen LogP) is 17.0. The van der Waals surface area contributed by atoms with Crippen LogP contribution in [0.25, 0.3) is 0 Å². The van der Waals surface area contributed by atoms with Gasteiger partial charge in [-0.2, -0.15) is 0 Å². The molecule has 0 bridgehead atoms. The van der Waals surface area contributed by atoms with E-state index in [1.54, 1.807) is 0 Å². The van der Waals surface area contributed by atoms with Crippen LogP contribution in [-0.2, 0) is 33.3 Å². The summed E-state index contributed by atoms with van der Waals surface area (Å²) in [7, 11) is 5.98. The first kappa shape index (κ1) is 66.0. The number of ether oxygens (including phenoxy) is 4. The van der Waals surface area contributed by atoms with Crippen LogP contribution in [0.2, 0.25) is 0 Å². The third kappa shape index (κ3) is 51.9. The van der Waals surface area contributed by atoms with E-state index in [9.17, 15) is 19.5 Å². The maximum atomic E-state index is 12.8. The second-order valence-corrected chi connectivity index (χ2v) is 21.3. The molecule has 0 saturated heterocycles. The van der Waals surface area contributed by atoms with Gasteiger partial charge < -0.3 is 28.5 Å². The minimum atomic E-state index is -1.51. The second kappa shape index (κ2) is 51.4. The van der Waals surface area contributed by atoms with Crippen LogP contribution in [0, 0.1) is 0 Å². The molecule has 0 aliphatic heterocycles. The number of hydrogen-bond acceptors (Lipinski definition) is 7. The molecule has 0 aromatic heterocycles. The molecular formula is C59H114NO8+. The first-order valence-corrected chi connectivity index (χ1v) is 29.4. The van der Waals surface area contributed by atoms with E-state index in [1.165, 1.54) is 212 Å². The number of carboxylic acids is 1. The van der Waals surface area contributed by atoms with Crippen LogP contribution in [-0.4, -0.2) is 87.4 Å². The molecule has 0 fully saturated rings. The van der Waals surface area contributed by atoms with Gasteiger partial charge in [0.2, 0.25) is 0 Å². The lowest BCUT2D eigenvalue weighted by atomic mass is 10.0. The van der Waals surface area contributed by atoms with Crippen molar-refractivity contribution in [3.8, 4) is 0 Å². The fourth-order valence-electron chi connectivity index (χ4n) is 8.72. The van der Waals surface area contributed by atoms with Crippen LogP contribution in [0.3, 0.4) is 0 Å². The number of carbonyl (C=O) groups excluding carboxylic acids is 2. The Morgan fingerprint density at radius 1 is 0.426 bits per heavy atom. The first-order valence-electron chi connectivity index (χ1n) is 29.4. The Kier molecular flexibility index (Phi) is 49.9. The molecule has 0 radical (unpaired) electrons. The summed E-state index contributed by atoms with van der Waals surface area (Å²) in [6, 6.07) is 0. The fourth-order valence-corrected chi connectivity index (χ4v) is 8.72. The van der Waals surface area contributed by atoms with E-state index < -0.39 is 24.3 Å². The number of rotatable bonds is 55. The molecule has 0 aliphatic rings. The van der Waals surface area contributed by atoms with Gasteiger partial charge in [-0.3, -0.25) is 9.59 Å². The van der Waals surface area contributed by atoms with Crippen molar-refractivity contribution in [2.75, 3.05) is 47.5 Å². The Hall–Kier alpha value is -1.97. The van der Waals surface area contributed by atoms with Gasteiger partial charge in [0.1, 0.15) is 13.2 Å². The fraction of sp³-hybridized carbons (Fsp3) is 0.915. The van der Waals surface area contributed by atoms with E-state index in [0.717, 1.165) is 51.4 Å². The van der Waals surface area contributed by atoms with E-state index >= 15 is 0 Å². The normalized spacial score (nSPS) is 12.8. The lowest BCUT2D eigenvalue weighted by molar-refractivity contribution is -0.870. The number of unbranched alkanes of at least 4 members (excludes halogenated alkanes) is 38. The van der Waals surface area contributed by atoms with Gasteiger partial charge in [0.15, 0.2) is 6.10 Å². The monoisotopic (exact) mass is 965 g/mol. The number of nitrogens with zero attached hydrogens (tertiary/aromatic N) is 1. The molecule has 402 valence electrons. The molecular weight excluding hydrogens is 851 g/mol. The molecule has 68 heavy (non-hydrogen) atoms. The van der Waals surface area contributed by atoms with Crippen LogP contribution < -0.4 is 0 Å². The highest BCUT2D eigenvalue weighted by atomic mass is 16.7. The zero-order valence-electron chi connectivity index (χ0n) is 45.8. The summed E-state index contributed by atoms with van der Waals surface area (Å²) in [5.74, 6) is -1.99. The zero-order valence-corrected chi connectivity index (χ0v) is 45.8. The second-order valence-electron chi connectivity index (χ2n) is 21.3. The van der Waals surface area contributed by atoms with Crippen LogP contribution in [0.5, 0.6) is 0 Å². The minimum absolute atomic E-state index is 0.177. The largest absolute Gasteiger partial charge is 0.477 e. The summed E-state index contributed by atoms with van der Waals surface area (Å²) in [5.41, 5.74) is 0. The molecule has 1 N–H and O–H groups in total. The molecule has 2 unspecified atom stereocenters. The lowest BCUT2D eigenvalue weighted by Crippen LogP contribution is -2.40. The SMILES string of the molecule is CCCCCCCC/C=C\CCCCCCCCCC(=O)OC(COC(=O)CCCCCCCCCCCCCCCCCCCCCCCCCCCC)COC(OCC[N+](C)(C)C)C(=O)O. The van der Waals surface area contributed by atoms with Crippen molar-refractivity contribution in [2.45, 2.75) is 302 Å². The quantitative estimate of drug-likeness (QED) is 0.0211. The first-order chi connectivity index (χ1) is 33.1. The number of likely N-dealkylation sites (N-methyl/N-ethyl adjacent to an activating group) is 1. The highest BCUT2D eigenvalue weighted by Crippen LogP contribution is 2.18. The summed E-state index contributed by atoms with van der Waals surface area (Å²) in [4.78, 5) is 37.4. The van der Waals surface area contributed by atoms with E-state index in [2.05, 4.69) is 26.0 Å². The zero-order chi connectivity index (χ0) is 49.9. The number of quaternary nitrogens is 1. The van der Waals surface area contributed by atoms with Crippen molar-refractivity contribution in [3.05, 3.63) is 12.2 Å².